The molecule has 0 aliphatic carbocycles. The topological polar surface area (TPSA) is 73.8 Å². The van der Waals surface area contributed by atoms with Gasteiger partial charge in [-0.1, -0.05) is 40.5 Å². The summed E-state index contributed by atoms with van der Waals surface area (Å²) in [5, 5.41) is 4.38. The van der Waals surface area contributed by atoms with E-state index in [1.165, 1.54) is 6.20 Å². The first-order valence-electron chi connectivity index (χ1n) is 10.5. The number of benzene rings is 2. The zero-order valence-electron chi connectivity index (χ0n) is 18.2. The number of aromatic nitrogens is 4. The molecule has 0 saturated carbocycles. The van der Waals surface area contributed by atoms with Crippen LogP contribution in [0.25, 0.3) is 22.3 Å². The van der Waals surface area contributed by atoms with Gasteiger partial charge >= 0.3 is 6.18 Å². The third kappa shape index (κ3) is 4.30. The van der Waals surface area contributed by atoms with E-state index >= 15 is 0 Å². The number of aryl methyl sites for hydroxylation is 1. The largest absolute Gasteiger partial charge is 0.432 e. The number of nitrogens with zero attached hydrogens (tertiary/aromatic N) is 4. The molecule has 0 fully saturated rings. The second-order valence-corrected chi connectivity index (χ2v) is 8.38. The van der Waals surface area contributed by atoms with Crippen molar-refractivity contribution < 1.29 is 22.5 Å². The van der Waals surface area contributed by atoms with Gasteiger partial charge in [-0.3, -0.25) is 9.78 Å². The summed E-state index contributed by atoms with van der Waals surface area (Å²) in [7, 11) is 0. The molecule has 2 aromatic carbocycles. The van der Waals surface area contributed by atoms with E-state index in [2.05, 4.69) is 15.1 Å². The molecule has 10 heteroatoms. The van der Waals surface area contributed by atoms with Crippen LogP contribution in [-0.4, -0.2) is 25.5 Å². The lowest BCUT2D eigenvalue weighted by atomic mass is 10.0. The molecule has 6 nitrogen and oxygen atoms in total. The molecule has 0 unspecified atom stereocenters. The first-order valence-corrected chi connectivity index (χ1v) is 10.8. The third-order valence-electron chi connectivity index (χ3n) is 5.51. The number of alkyl halides is 3. The Hall–Kier alpha value is -3.98. The molecule has 0 atom stereocenters. The van der Waals surface area contributed by atoms with Gasteiger partial charge in [-0.15, -0.1) is 0 Å². The monoisotopic (exact) mass is 496 g/mol. The average Bonchev–Trinajstić information content (AvgIpc) is 3.44. The average molecular weight is 497 g/mol. The van der Waals surface area contributed by atoms with Crippen LogP contribution in [0.5, 0.6) is 0 Å². The second kappa shape index (κ2) is 8.66. The minimum atomic E-state index is -4.84. The number of hydrogen-bond donors (Lipinski definition) is 0. The Morgan fingerprint density at radius 3 is 2.57 bits per heavy atom. The highest BCUT2D eigenvalue weighted by molar-refractivity contribution is 6.30. The second-order valence-electron chi connectivity index (χ2n) is 7.95. The Morgan fingerprint density at radius 2 is 1.89 bits per heavy atom. The molecule has 5 aromatic rings. The zero-order chi connectivity index (χ0) is 24.7. The summed E-state index contributed by atoms with van der Waals surface area (Å²) in [6.07, 6.45) is -1.83. The maximum atomic E-state index is 14.5. The highest BCUT2D eigenvalue weighted by Crippen LogP contribution is 2.40. The quantitative estimate of drug-likeness (QED) is 0.265. The van der Waals surface area contributed by atoms with E-state index in [0.29, 0.717) is 21.7 Å². The van der Waals surface area contributed by atoms with Crippen LogP contribution in [0, 0.1) is 6.92 Å². The SMILES string of the molecule is Cc1ccc2c(c1)c(C(=O)c1nc(-c3cccnc3)no1)c(C(F)(F)F)n2Cc1ccc(Cl)cc1. The number of carbonyl (C=O) groups excluding carboxylic acids is 1. The lowest BCUT2D eigenvalue weighted by molar-refractivity contribution is -0.143. The van der Waals surface area contributed by atoms with Crippen molar-refractivity contribution in [3.63, 3.8) is 0 Å². The van der Waals surface area contributed by atoms with E-state index < -0.39 is 29.1 Å². The van der Waals surface area contributed by atoms with Crippen molar-refractivity contribution in [2.24, 2.45) is 0 Å². The van der Waals surface area contributed by atoms with Crippen molar-refractivity contribution in [1.82, 2.24) is 19.7 Å². The van der Waals surface area contributed by atoms with Gasteiger partial charge in [0.05, 0.1) is 5.56 Å². The van der Waals surface area contributed by atoms with Crippen LogP contribution in [0.3, 0.4) is 0 Å². The highest BCUT2D eigenvalue weighted by Gasteiger charge is 2.42. The summed E-state index contributed by atoms with van der Waals surface area (Å²) < 4.78 is 49.7. The van der Waals surface area contributed by atoms with Crippen molar-refractivity contribution in [2.45, 2.75) is 19.6 Å². The Bertz CT molecular complexity index is 1540. The summed E-state index contributed by atoms with van der Waals surface area (Å²) in [4.78, 5) is 21.5. The van der Waals surface area contributed by atoms with Gasteiger partial charge < -0.3 is 9.09 Å². The standard InChI is InChI=1S/C25H16ClF3N4O2/c1-14-4-9-19-18(11-14)20(21(34)24-31-23(32-35-24)16-3-2-10-30-12-16)22(25(27,28)29)33(19)13-15-5-7-17(26)8-6-15/h2-12H,13H2,1H3. The van der Waals surface area contributed by atoms with Gasteiger partial charge in [0.25, 0.3) is 11.7 Å². The van der Waals surface area contributed by atoms with Gasteiger partial charge in [-0.2, -0.15) is 18.2 Å². The summed E-state index contributed by atoms with van der Waals surface area (Å²) in [6.45, 7) is 1.62. The molecule has 0 spiro atoms. The van der Waals surface area contributed by atoms with Gasteiger partial charge in [0.2, 0.25) is 5.82 Å². The molecule has 0 amide bonds. The van der Waals surface area contributed by atoms with Crippen molar-refractivity contribution >= 4 is 28.3 Å². The molecule has 0 saturated heterocycles. The summed E-state index contributed by atoms with van der Waals surface area (Å²) in [6, 6.07) is 14.6. The zero-order valence-corrected chi connectivity index (χ0v) is 18.9. The summed E-state index contributed by atoms with van der Waals surface area (Å²) >= 11 is 5.93. The number of ketones is 1. The molecule has 176 valence electrons. The van der Waals surface area contributed by atoms with Crippen molar-refractivity contribution in [3.8, 4) is 11.4 Å². The first kappa shape index (κ1) is 22.8. The maximum absolute atomic E-state index is 14.5. The molecule has 3 heterocycles. The van der Waals surface area contributed by atoms with Crippen LogP contribution in [0.15, 0.2) is 71.5 Å². The van der Waals surface area contributed by atoms with E-state index in [9.17, 15) is 18.0 Å². The fourth-order valence-electron chi connectivity index (χ4n) is 3.96. The van der Waals surface area contributed by atoms with Gasteiger partial charge in [0.15, 0.2) is 0 Å². The van der Waals surface area contributed by atoms with E-state index in [0.717, 1.165) is 4.57 Å². The number of hydrogen-bond acceptors (Lipinski definition) is 5. The highest BCUT2D eigenvalue weighted by atomic mass is 35.5. The molecular formula is C25H16ClF3N4O2. The predicted octanol–water partition coefficient (Wildman–Crippen LogP) is 6.35. The number of fused-ring (bicyclic) bond motifs is 1. The first-order chi connectivity index (χ1) is 16.7. The lowest BCUT2D eigenvalue weighted by Crippen LogP contribution is -2.18. The Morgan fingerprint density at radius 1 is 1.11 bits per heavy atom. The molecule has 0 bridgehead atoms. The van der Waals surface area contributed by atoms with Crippen LogP contribution in [0.4, 0.5) is 13.2 Å². The van der Waals surface area contributed by atoms with Crippen molar-refractivity contribution in [3.05, 3.63) is 100 Å². The molecule has 0 N–H and O–H groups in total. The van der Waals surface area contributed by atoms with Gasteiger partial charge in [0.1, 0.15) is 5.69 Å². The Kier molecular flexibility index (Phi) is 5.64. The van der Waals surface area contributed by atoms with E-state index in [4.69, 9.17) is 16.1 Å². The van der Waals surface area contributed by atoms with Crippen molar-refractivity contribution in [2.75, 3.05) is 0 Å². The lowest BCUT2D eigenvalue weighted by Gasteiger charge is -2.14. The predicted molar refractivity (Wildman–Crippen MR) is 123 cm³/mol. The Labute approximate surface area is 202 Å². The Balaban J connectivity index is 1.70. The van der Waals surface area contributed by atoms with E-state index in [1.807, 2.05) is 0 Å². The van der Waals surface area contributed by atoms with Crippen molar-refractivity contribution in [1.29, 1.82) is 0 Å². The fraction of sp³-hybridized carbons (Fsp3) is 0.120. The number of pyridine rings is 1. The summed E-state index contributed by atoms with van der Waals surface area (Å²) in [5.41, 5.74) is 0.393. The van der Waals surface area contributed by atoms with Crippen LogP contribution in [0.2, 0.25) is 5.02 Å². The van der Waals surface area contributed by atoms with Gasteiger partial charge in [-0.25, -0.2) is 0 Å². The smallest absolute Gasteiger partial charge is 0.332 e. The van der Waals surface area contributed by atoms with Gasteiger partial charge in [-0.05, 0) is 48.9 Å². The number of carbonyl (C=O) groups is 1. The van der Waals surface area contributed by atoms with Crippen LogP contribution in [0.1, 0.15) is 33.1 Å². The molecule has 0 radical (unpaired) electrons. The normalized spacial score (nSPS) is 11.8. The minimum Gasteiger partial charge on any atom is -0.332 e. The summed E-state index contributed by atoms with van der Waals surface area (Å²) in [5.74, 6) is -1.50. The molecule has 0 aliphatic rings. The van der Waals surface area contributed by atoms with Crippen LogP contribution < -0.4 is 0 Å². The molecule has 35 heavy (non-hydrogen) atoms. The van der Waals surface area contributed by atoms with E-state index in [1.54, 1.807) is 67.7 Å². The molecule has 5 rings (SSSR count). The number of halogens is 4. The van der Waals surface area contributed by atoms with Gasteiger partial charge in [0, 0.05) is 40.4 Å². The fourth-order valence-corrected chi connectivity index (χ4v) is 4.09. The molecule has 0 aliphatic heterocycles. The minimum absolute atomic E-state index is 0.0519. The third-order valence-corrected chi connectivity index (χ3v) is 5.76. The number of rotatable bonds is 5. The van der Waals surface area contributed by atoms with Crippen LogP contribution in [-0.2, 0) is 12.7 Å². The molecule has 3 aromatic heterocycles. The van der Waals surface area contributed by atoms with Crippen LogP contribution >= 0.6 is 11.6 Å². The molecular weight excluding hydrogens is 481 g/mol. The maximum Gasteiger partial charge on any atom is 0.432 e. The van der Waals surface area contributed by atoms with E-state index in [-0.39, 0.29) is 23.3 Å².